The zero-order valence-corrected chi connectivity index (χ0v) is 35.1. The fourth-order valence-corrected chi connectivity index (χ4v) is 6.38. The maximum atomic E-state index is 13.3. The van der Waals surface area contributed by atoms with Gasteiger partial charge >= 0.3 is 18.1 Å². The van der Waals surface area contributed by atoms with E-state index in [9.17, 15) is 32.3 Å². The van der Waals surface area contributed by atoms with Crippen molar-refractivity contribution in [1.82, 2.24) is 0 Å². The number of carboxylic acids is 2. The van der Waals surface area contributed by atoms with Crippen molar-refractivity contribution in [3.8, 4) is 11.5 Å². The van der Waals surface area contributed by atoms with Gasteiger partial charge in [-0.3, -0.25) is 19.2 Å². The van der Waals surface area contributed by atoms with Crippen molar-refractivity contribution >= 4 is 81.3 Å². The first-order valence-corrected chi connectivity index (χ1v) is 19.0. The Hall–Kier alpha value is -5.38. The summed E-state index contributed by atoms with van der Waals surface area (Å²) in [5.41, 5.74) is 3.63. The average molecular weight is 884 g/mol. The van der Waals surface area contributed by atoms with Crippen LogP contribution in [0.1, 0.15) is 68.4 Å². The number of hydrogen-bond donors (Lipinski definition) is 6. The summed E-state index contributed by atoms with van der Waals surface area (Å²) in [6.07, 6.45) is -5.79. The van der Waals surface area contributed by atoms with Crippen molar-refractivity contribution in [3.05, 3.63) is 104 Å². The number of amides is 2. The SMILES string of the molecule is CC(C)Nc1cc(Cl)cc(COc2c(Cl)cc(NC(=O)CC(=O)O)cc2Cl)c1.Cc1cc(NC(=O)CC(=O)O)cc(C)c1OCc1cc(NC(C)C)cc(C(F)(F)F)c1. The summed E-state index contributed by atoms with van der Waals surface area (Å²) in [6.45, 7) is 11.3. The van der Waals surface area contributed by atoms with Gasteiger partial charge in [0.25, 0.3) is 0 Å². The van der Waals surface area contributed by atoms with Gasteiger partial charge in [-0.25, -0.2) is 0 Å². The number of alkyl halides is 3. The third kappa shape index (κ3) is 16.4. The van der Waals surface area contributed by atoms with E-state index < -0.39 is 48.3 Å². The second kappa shape index (κ2) is 21.6. The van der Waals surface area contributed by atoms with Gasteiger partial charge in [-0.2, -0.15) is 13.2 Å². The molecule has 4 rings (SSSR count). The first-order chi connectivity index (χ1) is 27.5. The lowest BCUT2D eigenvalue weighted by molar-refractivity contribution is -0.141. The molecule has 6 N–H and O–H groups in total. The lowest BCUT2D eigenvalue weighted by Crippen LogP contribution is -2.16. The number of nitrogens with one attached hydrogen (secondary N) is 4. The van der Waals surface area contributed by atoms with Crippen LogP contribution >= 0.6 is 34.8 Å². The highest BCUT2D eigenvalue weighted by Crippen LogP contribution is 2.37. The second-order valence-electron chi connectivity index (χ2n) is 13.9. The van der Waals surface area contributed by atoms with Gasteiger partial charge in [0.2, 0.25) is 11.8 Å². The molecule has 0 radical (unpaired) electrons. The summed E-state index contributed by atoms with van der Waals surface area (Å²) in [6, 6.07) is 15.5. The number of halogens is 6. The van der Waals surface area contributed by atoms with E-state index in [0.717, 1.165) is 23.4 Å². The number of hydrogen-bond acceptors (Lipinski definition) is 8. The molecule has 0 atom stereocenters. The van der Waals surface area contributed by atoms with Gasteiger partial charge in [0, 0.05) is 39.9 Å². The topological polar surface area (TPSA) is 175 Å². The van der Waals surface area contributed by atoms with Gasteiger partial charge in [0.15, 0.2) is 5.75 Å². The van der Waals surface area contributed by atoms with Crippen molar-refractivity contribution in [2.75, 3.05) is 21.3 Å². The molecular formula is C41H44Cl3F3N4O8. The maximum absolute atomic E-state index is 13.3. The molecule has 0 heterocycles. The van der Waals surface area contributed by atoms with E-state index in [1.165, 1.54) is 12.1 Å². The summed E-state index contributed by atoms with van der Waals surface area (Å²) < 4.78 is 51.3. The van der Waals surface area contributed by atoms with E-state index in [1.54, 1.807) is 38.1 Å². The van der Waals surface area contributed by atoms with Crippen LogP contribution in [0, 0.1) is 13.8 Å². The number of rotatable bonds is 16. The molecule has 18 heteroatoms. The lowest BCUT2D eigenvalue weighted by Gasteiger charge is -2.17. The third-order valence-corrected chi connectivity index (χ3v) is 8.38. The van der Waals surface area contributed by atoms with Crippen LogP contribution in [0.2, 0.25) is 15.1 Å². The molecule has 0 unspecified atom stereocenters. The zero-order chi connectivity index (χ0) is 44.2. The van der Waals surface area contributed by atoms with E-state index >= 15 is 0 Å². The monoisotopic (exact) mass is 882 g/mol. The zero-order valence-electron chi connectivity index (χ0n) is 32.9. The van der Waals surface area contributed by atoms with Crippen LogP contribution in [-0.4, -0.2) is 46.0 Å². The number of carbonyl (C=O) groups is 4. The first-order valence-electron chi connectivity index (χ1n) is 17.9. The van der Waals surface area contributed by atoms with Crippen LogP contribution in [0.5, 0.6) is 11.5 Å². The quantitative estimate of drug-likeness (QED) is 0.0594. The van der Waals surface area contributed by atoms with Gasteiger partial charge in [0.1, 0.15) is 31.8 Å². The number of ether oxygens (including phenoxy) is 2. The molecule has 0 aliphatic rings. The third-order valence-electron chi connectivity index (χ3n) is 7.60. The molecule has 4 aromatic carbocycles. The molecule has 4 aromatic rings. The van der Waals surface area contributed by atoms with E-state index in [0.29, 0.717) is 38.8 Å². The Bertz CT molecular complexity index is 2120. The molecule has 0 aromatic heterocycles. The number of carbonyl (C=O) groups excluding carboxylic acids is 2. The summed E-state index contributed by atoms with van der Waals surface area (Å²) in [5, 5.41) is 29.4. The minimum atomic E-state index is -4.48. The highest BCUT2D eigenvalue weighted by molar-refractivity contribution is 6.37. The molecule has 59 heavy (non-hydrogen) atoms. The van der Waals surface area contributed by atoms with Crippen molar-refractivity contribution in [2.24, 2.45) is 0 Å². The van der Waals surface area contributed by atoms with Gasteiger partial charge in [-0.05, 0) is 124 Å². The molecule has 2 amide bonds. The van der Waals surface area contributed by atoms with Crippen molar-refractivity contribution < 1.29 is 52.0 Å². The average Bonchev–Trinajstić information content (AvgIpc) is 3.05. The van der Waals surface area contributed by atoms with Gasteiger partial charge in [-0.1, -0.05) is 34.8 Å². The Morgan fingerprint density at radius 2 is 1.03 bits per heavy atom. The van der Waals surface area contributed by atoms with E-state index in [2.05, 4.69) is 21.3 Å². The Morgan fingerprint density at radius 1 is 0.610 bits per heavy atom. The molecule has 0 aliphatic heterocycles. The standard InChI is InChI=1S/C22H25F3N2O4.C19H19Cl3N2O4/c1-12(2)26-18-8-15(7-16(9-18)22(23,24)25)11-31-21-13(3)5-17(6-14(21)4)27-19(28)10-20(29)30;1-10(2)23-13-4-11(3-12(20)5-13)9-28-19-15(21)6-14(7-16(19)22)24-17(25)8-18(26)27/h5-9,12,26H,10-11H2,1-4H3,(H,27,28)(H,29,30);3-7,10,23H,8-9H2,1-2H3,(H,24,25)(H,26,27). The fraction of sp³-hybridized carbons (Fsp3) is 0.317. The van der Waals surface area contributed by atoms with Crippen LogP contribution in [0.25, 0.3) is 0 Å². The van der Waals surface area contributed by atoms with Crippen LogP contribution in [0.4, 0.5) is 35.9 Å². The molecule has 0 bridgehead atoms. The Morgan fingerprint density at radius 3 is 1.47 bits per heavy atom. The second-order valence-corrected chi connectivity index (χ2v) is 15.1. The van der Waals surface area contributed by atoms with Gasteiger partial charge in [-0.15, -0.1) is 0 Å². The summed E-state index contributed by atoms with van der Waals surface area (Å²) in [7, 11) is 0. The molecular weight excluding hydrogens is 840 g/mol. The van der Waals surface area contributed by atoms with E-state index in [1.807, 2.05) is 39.8 Å². The maximum Gasteiger partial charge on any atom is 0.416 e. The number of anilines is 4. The lowest BCUT2D eigenvalue weighted by atomic mass is 10.1. The highest BCUT2D eigenvalue weighted by Gasteiger charge is 2.31. The first kappa shape index (κ1) is 48.0. The van der Waals surface area contributed by atoms with E-state index in [4.69, 9.17) is 54.5 Å². The van der Waals surface area contributed by atoms with E-state index in [-0.39, 0.29) is 46.8 Å². The smallest absolute Gasteiger partial charge is 0.416 e. The van der Waals surface area contributed by atoms with Gasteiger partial charge < -0.3 is 41.0 Å². The summed E-state index contributed by atoms with van der Waals surface area (Å²) in [5.74, 6) is -3.09. The van der Waals surface area contributed by atoms with Crippen LogP contribution < -0.4 is 30.7 Å². The van der Waals surface area contributed by atoms with Crippen LogP contribution in [0.15, 0.2) is 60.7 Å². The van der Waals surface area contributed by atoms with Crippen molar-refractivity contribution in [2.45, 2.75) is 85.9 Å². The molecule has 0 saturated carbocycles. The van der Waals surface area contributed by atoms with Gasteiger partial charge in [0.05, 0.1) is 15.6 Å². The molecule has 0 spiro atoms. The molecule has 0 saturated heterocycles. The molecule has 12 nitrogen and oxygen atoms in total. The predicted octanol–water partition coefficient (Wildman–Crippen LogP) is 10.6. The predicted molar refractivity (Wildman–Crippen MR) is 223 cm³/mol. The minimum Gasteiger partial charge on any atom is -0.488 e. The molecule has 0 fully saturated rings. The largest absolute Gasteiger partial charge is 0.488 e. The van der Waals surface area contributed by atoms with Crippen molar-refractivity contribution in [1.29, 1.82) is 0 Å². The normalized spacial score (nSPS) is 11.0. The Labute approximate surface area is 354 Å². The van der Waals surface area contributed by atoms with Crippen LogP contribution in [-0.2, 0) is 38.6 Å². The summed E-state index contributed by atoms with van der Waals surface area (Å²) in [4.78, 5) is 44.4. The number of aryl methyl sites for hydroxylation is 2. The molecule has 0 aliphatic carbocycles. The highest BCUT2D eigenvalue weighted by atomic mass is 35.5. The number of carboxylic acid groups (broad SMARTS) is 2. The summed E-state index contributed by atoms with van der Waals surface area (Å²) >= 11 is 18.6. The minimum absolute atomic E-state index is 0.0365. The fourth-order valence-electron chi connectivity index (χ4n) is 5.52. The van der Waals surface area contributed by atoms with Crippen molar-refractivity contribution in [3.63, 3.8) is 0 Å². The van der Waals surface area contributed by atoms with Crippen LogP contribution in [0.3, 0.4) is 0 Å². The molecule has 318 valence electrons. The number of aliphatic carboxylic acids is 2. The number of benzene rings is 4. The Kier molecular flexibility index (Phi) is 17.5. The Balaban J connectivity index is 0.000000317.